The Morgan fingerprint density at radius 3 is 2.46 bits per heavy atom. The van der Waals surface area contributed by atoms with Gasteiger partial charge in [0.1, 0.15) is 22.8 Å². The molecule has 10 heteroatoms. The topological polar surface area (TPSA) is 187 Å². The number of nitrogens with zero attached hydrogens (tertiary/aromatic N) is 1. The lowest BCUT2D eigenvalue weighted by Crippen LogP contribution is -2.63. The highest BCUT2D eigenvalue weighted by atomic mass is 16.3. The van der Waals surface area contributed by atoms with Crippen molar-refractivity contribution in [2.24, 2.45) is 17.6 Å². The summed E-state index contributed by atoms with van der Waals surface area (Å²) in [6.07, 6.45) is 0.272. The second kappa shape index (κ2) is 7.30. The number of allylic oxidation sites excluding steroid dienone is 1. The lowest BCUT2D eigenvalue weighted by molar-refractivity contribution is -0.148. The van der Waals surface area contributed by atoms with Gasteiger partial charge in [-0.1, -0.05) is 6.07 Å². The van der Waals surface area contributed by atoms with Crippen molar-refractivity contribution in [1.82, 2.24) is 4.90 Å². The zero-order chi connectivity index (χ0) is 25.6. The first kappa shape index (κ1) is 22.9. The van der Waals surface area contributed by atoms with E-state index in [0.717, 1.165) is 0 Å². The number of aliphatic hydroxyl groups is 3. The van der Waals surface area contributed by atoms with Gasteiger partial charge in [-0.15, -0.1) is 0 Å². The molecule has 2 aromatic carbocycles. The second-order valence-electron chi connectivity index (χ2n) is 9.70. The van der Waals surface area contributed by atoms with Crippen LogP contribution in [0.25, 0.3) is 10.8 Å². The maximum absolute atomic E-state index is 13.6. The quantitative estimate of drug-likeness (QED) is 0.268. The van der Waals surface area contributed by atoms with Gasteiger partial charge in [-0.3, -0.25) is 19.3 Å². The van der Waals surface area contributed by atoms with Gasteiger partial charge in [-0.2, -0.15) is 0 Å². The number of anilines is 1. The van der Waals surface area contributed by atoms with Crippen LogP contribution in [0.15, 0.2) is 46.9 Å². The zero-order valence-corrected chi connectivity index (χ0v) is 19.1. The number of hydrogen-bond acceptors (Lipinski definition) is 9. The van der Waals surface area contributed by atoms with Crippen LogP contribution in [0.5, 0.6) is 5.75 Å². The number of primary amides is 1. The molecule has 0 heterocycles. The number of rotatable bonds is 2. The molecule has 0 spiro atoms. The molecule has 0 aliphatic heterocycles. The summed E-state index contributed by atoms with van der Waals surface area (Å²) in [6.45, 7) is 0. The Balaban J connectivity index is 1.75. The third kappa shape index (κ3) is 2.87. The van der Waals surface area contributed by atoms with Gasteiger partial charge in [-0.25, -0.2) is 0 Å². The number of fused-ring (bicyclic) bond motifs is 4. The molecule has 0 bridgehead atoms. The Morgan fingerprint density at radius 2 is 1.83 bits per heavy atom. The molecule has 4 atom stereocenters. The van der Waals surface area contributed by atoms with E-state index in [1.807, 2.05) is 0 Å². The Bertz CT molecular complexity index is 1420. The van der Waals surface area contributed by atoms with Crippen molar-refractivity contribution in [1.29, 1.82) is 0 Å². The Kier molecular flexibility index (Phi) is 4.77. The van der Waals surface area contributed by atoms with Gasteiger partial charge in [-0.05, 0) is 62.0 Å². The molecule has 182 valence electrons. The van der Waals surface area contributed by atoms with Crippen LogP contribution in [-0.2, 0) is 16.0 Å². The summed E-state index contributed by atoms with van der Waals surface area (Å²) in [5, 5.41) is 45.6. The average Bonchev–Trinajstić information content (AvgIpc) is 2.75. The number of nitrogen functional groups attached to an aromatic ring is 1. The minimum atomic E-state index is -2.65. The number of nitrogens with two attached hydrogens (primary N) is 2. The molecule has 0 saturated carbocycles. The standard InChI is InChI=1S/C25H25N3O7/c1-28(2)18-14-8-11-6-10-5-9-7-12(26)3-4-13(9)19(29)15(10)20(30)16(11)22(32)25(14,35)23(33)17(21(18)31)24(27)34/h3-5,7,11,14,18,29,31-32,35H,6,8,26H2,1-2H3,(H2,27,34)/t11-,14-,18-,25-/m0/s1. The maximum atomic E-state index is 13.6. The first-order valence-corrected chi connectivity index (χ1v) is 11.1. The molecular formula is C25H25N3O7. The number of amides is 1. The summed E-state index contributed by atoms with van der Waals surface area (Å²) in [4.78, 5) is 40.4. The fourth-order valence-electron chi connectivity index (χ4n) is 6.05. The van der Waals surface area contributed by atoms with Crippen LogP contribution in [-0.4, -0.2) is 68.5 Å². The summed E-state index contributed by atoms with van der Waals surface area (Å²) in [6, 6.07) is 5.58. The van der Waals surface area contributed by atoms with Gasteiger partial charge >= 0.3 is 0 Å². The third-order valence-corrected chi connectivity index (χ3v) is 7.55. The van der Waals surface area contributed by atoms with E-state index in [4.69, 9.17) is 11.5 Å². The van der Waals surface area contributed by atoms with Crippen LogP contribution in [0.2, 0.25) is 0 Å². The lowest BCUT2D eigenvalue weighted by atomic mass is 9.58. The number of likely N-dealkylation sites (N-methyl/N-ethyl adjacent to an activating group) is 1. The largest absolute Gasteiger partial charge is 0.510 e. The highest BCUT2D eigenvalue weighted by Gasteiger charge is 2.63. The van der Waals surface area contributed by atoms with Gasteiger partial charge in [0.25, 0.3) is 5.91 Å². The molecule has 5 rings (SSSR count). The van der Waals surface area contributed by atoms with Crippen molar-refractivity contribution >= 4 is 33.9 Å². The highest BCUT2D eigenvalue weighted by Crippen LogP contribution is 2.52. The van der Waals surface area contributed by atoms with E-state index >= 15 is 0 Å². The summed E-state index contributed by atoms with van der Waals surface area (Å²) in [5.74, 6) is -6.66. The molecule has 0 fully saturated rings. The van der Waals surface area contributed by atoms with Crippen LogP contribution in [0.3, 0.4) is 0 Å². The molecule has 2 aromatic rings. The van der Waals surface area contributed by atoms with E-state index in [1.54, 1.807) is 38.4 Å². The van der Waals surface area contributed by atoms with Crippen LogP contribution in [0.4, 0.5) is 5.69 Å². The molecular weight excluding hydrogens is 454 g/mol. The van der Waals surface area contributed by atoms with Crippen molar-refractivity contribution in [3.63, 3.8) is 0 Å². The van der Waals surface area contributed by atoms with Gasteiger partial charge in [0.2, 0.25) is 5.78 Å². The summed E-state index contributed by atoms with van der Waals surface area (Å²) < 4.78 is 0. The van der Waals surface area contributed by atoms with Crippen molar-refractivity contribution in [3.05, 3.63) is 58.1 Å². The van der Waals surface area contributed by atoms with Gasteiger partial charge in [0.05, 0.1) is 11.6 Å². The van der Waals surface area contributed by atoms with E-state index < -0.39 is 58.0 Å². The van der Waals surface area contributed by atoms with Crippen LogP contribution in [0, 0.1) is 11.8 Å². The monoisotopic (exact) mass is 479 g/mol. The van der Waals surface area contributed by atoms with E-state index in [2.05, 4.69) is 0 Å². The number of phenolic OH excluding ortho intramolecular Hbond substituents is 1. The number of ketones is 2. The number of aromatic hydroxyl groups is 1. The van der Waals surface area contributed by atoms with Gasteiger partial charge < -0.3 is 31.9 Å². The number of Topliss-reactive ketones (excluding diaryl/α,β-unsaturated/α-hetero) is 2. The normalized spacial score (nSPS) is 28.3. The second-order valence-corrected chi connectivity index (χ2v) is 9.70. The molecule has 0 unspecified atom stereocenters. The van der Waals surface area contributed by atoms with Gasteiger partial charge in [0, 0.05) is 22.6 Å². The Morgan fingerprint density at radius 1 is 1.14 bits per heavy atom. The molecule has 0 radical (unpaired) electrons. The molecule has 0 aromatic heterocycles. The number of benzene rings is 2. The lowest BCUT2D eigenvalue weighted by Gasteiger charge is -2.50. The summed E-state index contributed by atoms with van der Waals surface area (Å²) >= 11 is 0. The number of phenols is 1. The summed E-state index contributed by atoms with van der Waals surface area (Å²) in [7, 11) is 3.17. The van der Waals surface area contributed by atoms with E-state index in [-0.39, 0.29) is 29.7 Å². The van der Waals surface area contributed by atoms with Crippen molar-refractivity contribution in [3.8, 4) is 5.75 Å². The first-order chi connectivity index (χ1) is 16.4. The molecule has 1 amide bonds. The number of carbonyl (C=O) groups excluding carboxylic acids is 3. The third-order valence-electron chi connectivity index (χ3n) is 7.55. The van der Waals surface area contributed by atoms with Crippen molar-refractivity contribution in [2.45, 2.75) is 24.5 Å². The predicted molar refractivity (Wildman–Crippen MR) is 126 cm³/mol. The van der Waals surface area contributed by atoms with E-state index in [9.17, 15) is 34.8 Å². The van der Waals surface area contributed by atoms with Crippen LogP contribution < -0.4 is 11.5 Å². The SMILES string of the molecule is CN(C)[C@@H]1C(O)=C(C(N)=O)C(=O)[C@@]2(O)C(O)=C3C(=O)c4c(cc5cc(N)ccc5c4O)C[C@H]3C[C@@H]12. The molecule has 3 aliphatic carbocycles. The number of carbonyl (C=O) groups is 3. The molecule has 8 N–H and O–H groups in total. The fourth-order valence-corrected chi connectivity index (χ4v) is 6.05. The predicted octanol–water partition coefficient (Wildman–Crippen LogP) is 0.856. The minimum Gasteiger partial charge on any atom is -0.510 e. The van der Waals surface area contributed by atoms with E-state index in [1.165, 1.54) is 4.90 Å². The Labute approximate surface area is 199 Å². The first-order valence-electron chi connectivity index (χ1n) is 11.1. The highest BCUT2D eigenvalue weighted by molar-refractivity contribution is 6.25. The molecule has 10 nitrogen and oxygen atoms in total. The van der Waals surface area contributed by atoms with Crippen molar-refractivity contribution < 1.29 is 34.8 Å². The Hall–Kier alpha value is -3.89. The smallest absolute Gasteiger partial charge is 0.255 e. The molecule has 35 heavy (non-hydrogen) atoms. The zero-order valence-electron chi connectivity index (χ0n) is 19.1. The minimum absolute atomic E-state index is 0.0250. The van der Waals surface area contributed by atoms with Gasteiger partial charge in [0.15, 0.2) is 11.4 Å². The number of aliphatic hydroxyl groups excluding tert-OH is 2. The van der Waals surface area contributed by atoms with Crippen LogP contribution in [0.1, 0.15) is 22.3 Å². The van der Waals surface area contributed by atoms with Crippen molar-refractivity contribution in [2.75, 3.05) is 19.8 Å². The molecule has 3 aliphatic rings. The fraction of sp³-hybridized carbons (Fsp3) is 0.320. The van der Waals surface area contributed by atoms with E-state index in [0.29, 0.717) is 22.0 Å². The maximum Gasteiger partial charge on any atom is 0.255 e. The number of hydrogen-bond donors (Lipinski definition) is 6. The average molecular weight is 479 g/mol. The summed E-state index contributed by atoms with van der Waals surface area (Å²) in [5.41, 5.74) is 8.55. The molecule has 0 saturated heterocycles. The van der Waals surface area contributed by atoms with Crippen LogP contribution >= 0.6 is 0 Å².